The van der Waals surface area contributed by atoms with Crippen molar-refractivity contribution < 1.29 is 9.84 Å². The third-order valence-corrected chi connectivity index (χ3v) is 5.38. The van der Waals surface area contributed by atoms with E-state index in [1.54, 1.807) is 12.1 Å². The number of benzene rings is 2. The lowest BCUT2D eigenvalue weighted by molar-refractivity contribution is 0.105. The van der Waals surface area contributed by atoms with Gasteiger partial charge in [-0.25, -0.2) is 0 Å². The fourth-order valence-electron chi connectivity index (χ4n) is 2.53. The third kappa shape index (κ3) is 8.07. The highest BCUT2D eigenvalue weighted by Crippen LogP contribution is 2.25. The van der Waals surface area contributed by atoms with Crippen LogP contribution in [0.4, 0.5) is 0 Å². The summed E-state index contributed by atoms with van der Waals surface area (Å²) in [5.41, 5.74) is 2.62. The highest BCUT2D eigenvalue weighted by atomic mass is 16.5. The van der Waals surface area contributed by atoms with E-state index in [0.29, 0.717) is 17.6 Å². The molecule has 0 heterocycles. The topological polar surface area (TPSA) is 29.5 Å². The van der Waals surface area contributed by atoms with E-state index in [2.05, 4.69) is 72.7 Å². The standard InChI is InChI=1S/C15H24O.C10H14O/c1-6-12(3)13-8-10-14(11-9-13)16-15(4,5)7-2;1-3-8(2)9-4-6-10(11)7-5-9/h8-12H,6-7H2,1-5H3;4-8,11H,3H2,1-2H3. The van der Waals surface area contributed by atoms with Crippen molar-refractivity contribution in [2.24, 2.45) is 0 Å². The van der Waals surface area contributed by atoms with Crippen LogP contribution >= 0.6 is 0 Å². The van der Waals surface area contributed by atoms with Gasteiger partial charge in [-0.2, -0.15) is 0 Å². The smallest absolute Gasteiger partial charge is 0.120 e. The predicted octanol–water partition coefficient (Wildman–Crippen LogP) is 7.67. The molecule has 150 valence electrons. The van der Waals surface area contributed by atoms with Crippen LogP contribution in [0, 0.1) is 0 Å². The average molecular weight is 371 g/mol. The molecule has 0 radical (unpaired) electrons. The molecule has 2 aromatic rings. The van der Waals surface area contributed by atoms with Crippen molar-refractivity contribution in [3.63, 3.8) is 0 Å². The van der Waals surface area contributed by atoms with E-state index in [4.69, 9.17) is 9.84 Å². The summed E-state index contributed by atoms with van der Waals surface area (Å²) in [4.78, 5) is 0. The number of rotatable bonds is 7. The minimum atomic E-state index is -0.0715. The molecule has 0 amide bonds. The summed E-state index contributed by atoms with van der Waals surface area (Å²) in [7, 11) is 0. The molecule has 2 unspecified atom stereocenters. The van der Waals surface area contributed by atoms with Gasteiger partial charge >= 0.3 is 0 Å². The number of hydrogen-bond donors (Lipinski definition) is 1. The SMILES string of the molecule is CCC(C)c1ccc(O)cc1.CCC(C)c1ccc(OC(C)(C)CC)cc1. The molecule has 27 heavy (non-hydrogen) atoms. The third-order valence-electron chi connectivity index (χ3n) is 5.38. The highest BCUT2D eigenvalue weighted by Gasteiger charge is 2.16. The predicted molar refractivity (Wildman–Crippen MR) is 117 cm³/mol. The van der Waals surface area contributed by atoms with Gasteiger partial charge < -0.3 is 9.84 Å². The van der Waals surface area contributed by atoms with Gasteiger partial charge in [-0.3, -0.25) is 0 Å². The Morgan fingerprint density at radius 2 is 1.19 bits per heavy atom. The molecule has 0 fully saturated rings. The van der Waals surface area contributed by atoms with Crippen LogP contribution in [0.15, 0.2) is 48.5 Å². The molecule has 2 rings (SSSR count). The van der Waals surface area contributed by atoms with Crippen LogP contribution in [-0.2, 0) is 0 Å². The maximum absolute atomic E-state index is 9.01. The van der Waals surface area contributed by atoms with E-state index in [9.17, 15) is 0 Å². The Morgan fingerprint density at radius 1 is 0.778 bits per heavy atom. The minimum Gasteiger partial charge on any atom is -0.508 e. The molecule has 0 spiro atoms. The normalized spacial score (nSPS) is 13.3. The van der Waals surface area contributed by atoms with Gasteiger partial charge in [0.05, 0.1) is 0 Å². The second kappa shape index (κ2) is 11.0. The summed E-state index contributed by atoms with van der Waals surface area (Å²) >= 11 is 0. The number of aromatic hydroxyl groups is 1. The second-order valence-corrected chi connectivity index (χ2v) is 7.99. The molecule has 0 aliphatic rings. The van der Waals surface area contributed by atoms with Gasteiger partial charge in [0.25, 0.3) is 0 Å². The number of hydrogen-bond acceptors (Lipinski definition) is 2. The molecule has 2 atom stereocenters. The quantitative estimate of drug-likeness (QED) is 0.541. The summed E-state index contributed by atoms with van der Waals surface area (Å²) in [5, 5.41) is 9.01. The van der Waals surface area contributed by atoms with E-state index in [1.165, 1.54) is 17.5 Å². The van der Waals surface area contributed by atoms with Crippen LogP contribution in [-0.4, -0.2) is 10.7 Å². The van der Waals surface area contributed by atoms with E-state index >= 15 is 0 Å². The Hall–Kier alpha value is -1.96. The summed E-state index contributed by atoms with van der Waals surface area (Å²) in [6.07, 6.45) is 3.34. The van der Waals surface area contributed by atoms with E-state index in [-0.39, 0.29) is 5.60 Å². The number of phenols is 1. The van der Waals surface area contributed by atoms with Crippen molar-refractivity contribution in [1.82, 2.24) is 0 Å². The maximum Gasteiger partial charge on any atom is 0.120 e. The van der Waals surface area contributed by atoms with Gasteiger partial charge in [-0.1, -0.05) is 58.9 Å². The molecule has 0 aliphatic heterocycles. The molecule has 1 N–H and O–H groups in total. The first-order valence-electron chi connectivity index (χ1n) is 10.3. The first-order valence-corrected chi connectivity index (χ1v) is 10.3. The van der Waals surface area contributed by atoms with Gasteiger partial charge in [0.2, 0.25) is 0 Å². The zero-order chi connectivity index (χ0) is 20.4. The van der Waals surface area contributed by atoms with Crippen molar-refractivity contribution in [1.29, 1.82) is 0 Å². The van der Waals surface area contributed by atoms with Crippen LogP contribution in [0.3, 0.4) is 0 Å². The lowest BCUT2D eigenvalue weighted by Gasteiger charge is -2.25. The van der Waals surface area contributed by atoms with Crippen molar-refractivity contribution in [3.8, 4) is 11.5 Å². The average Bonchev–Trinajstić information content (AvgIpc) is 2.68. The Bertz CT molecular complexity index is 641. The van der Waals surface area contributed by atoms with E-state index in [0.717, 1.165) is 18.6 Å². The molecular weight excluding hydrogens is 332 g/mol. The van der Waals surface area contributed by atoms with Crippen molar-refractivity contribution >= 4 is 0 Å². The molecular formula is C25H38O2. The fourth-order valence-corrected chi connectivity index (χ4v) is 2.53. The lowest BCUT2D eigenvalue weighted by atomic mass is 9.99. The number of phenolic OH excluding ortho intramolecular Hbond substituents is 1. The van der Waals surface area contributed by atoms with Crippen LogP contribution < -0.4 is 4.74 Å². The van der Waals surface area contributed by atoms with Gasteiger partial charge in [0.15, 0.2) is 0 Å². The Morgan fingerprint density at radius 3 is 1.56 bits per heavy atom. The number of ether oxygens (including phenoxy) is 1. The summed E-state index contributed by atoms with van der Waals surface area (Å²) in [6.45, 7) is 15.2. The maximum atomic E-state index is 9.01. The van der Waals surface area contributed by atoms with Crippen LogP contribution in [0.25, 0.3) is 0 Å². The summed E-state index contributed by atoms with van der Waals surface area (Å²) < 4.78 is 5.92. The zero-order valence-corrected chi connectivity index (χ0v) is 18.3. The minimum absolute atomic E-state index is 0.0715. The van der Waals surface area contributed by atoms with Crippen molar-refractivity contribution in [2.45, 2.75) is 85.2 Å². The van der Waals surface area contributed by atoms with E-state index < -0.39 is 0 Å². The van der Waals surface area contributed by atoms with Crippen molar-refractivity contribution in [2.75, 3.05) is 0 Å². The first-order chi connectivity index (χ1) is 12.7. The lowest BCUT2D eigenvalue weighted by Crippen LogP contribution is -2.26. The van der Waals surface area contributed by atoms with Crippen LogP contribution in [0.1, 0.15) is 90.7 Å². The monoisotopic (exact) mass is 370 g/mol. The zero-order valence-electron chi connectivity index (χ0n) is 18.3. The Kier molecular flexibility index (Phi) is 9.41. The molecule has 0 saturated carbocycles. The molecule has 2 heteroatoms. The molecule has 0 aliphatic carbocycles. The summed E-state index contributed by atoms with van der Waals surface area (Å²) in [5.74, 6) is 2.54. The largest absolute Gasteiger partial charge is 0.508 e. The Balaban J connectivity index is 0.000000289. The highest BCUT2D eigenvalue weighted by molar-refractivity contribution is 5.29. The second-order valence-electron chi connectivity index (χ2n) is 7.99. The summed E-state index contributed by atoms with van der Waals surface area (Å²) in [6, 6.07) is 15.9. The van der Waals surface area contributed by atoms with Gasteiger partial charge in [0, 0.05) is 0 Å². The van der Waals surface area contributed by atoms with E-state index in [1.807, 2.05) is 12.1 Å². The van der Waals surface area contributed by atoms with Gasteiger partial charge in [0.1, 0.15) is 17.1 Å². The molecule has 2 nitrogen and oxygen atoms in total. The fraction of sp³-hybridized carbons (Fsp3) is 0.520. The van der Waals surface area contributed by atoms with Crippen LogP contribution in [0.2, 0.25) is 0 Å². The molecule has 2 aromatic carbocycles. The van der Waals surface area contributed by atoms with Crippen LogP contribution in [0.5, 0.6) is 11.5 Å². The van der Waals surface area contributed by atoms with Gasteiger partial charge in [-0.05, 0) is 80.3 Å². The molecule has 0 bridgehead atoms. The Labute approximate surface area is 166 Å². The molecule has 0 saturated heterocycles. The molecule has 0 aromatic heterocycles. The van der Waals surface area contributed by atoms with Gasteiger partial charge in [-0.15, -0.1) is 0 Å². The van der Waals surface area contributed by atoms with Crippen molar-refractivity contribution in [3.05, 3.63) is 59.7 Å². The first kappa shape index (κ1) is 23.1.